The third-order valence-corrected chi connectivity index (χ3v) is 4.81. The van der Waals surface area contributed by atoms with E-state index in [1.54, 1.807) is 36.7 Å². The molecule has 7 nitrogen and oxygen atoms in total. The number of imide groups is 1. The predicted octanol–water partition coefficient (Wildman–Crippen LogP) is 2.38. The van der Waals surface area contributed by atoms with Crippen LogP contribution in [0.5, 0.6) is 0 Å². The summed E-state index contributed by atoms with van der Waals surface area (Å²) < 4.78 is 11.4. The molecule has 4 rings (SSSR count). The summed E-state index contributed by atoms with van der Waals surface area (Å²) in [6, 6.07) is 10.6. The summed E-state index contributed by atoms with van der Waals surface area (Å²) in [5.41, 5.74) is 1.60. The van der Waals surface area contributed by atoms with Crippen LogP contribution in [0.25, 0.3) is 0 Å². The first-order valence-electron chi connectivity index (χ1n) is 9.75. The van der Waals surface area contributed by atoms with E-state index in [9.17, 15) is 9.59 Å². The number of carbonyl (C=O) groups is 2. The number of epoxide rings is 1. The van der Waals surface area contributed by atoms with E-state index in [1.807, 2.05) is 32.9 Å². The lowest BCUT2D eigenvalue weighted by atomic mass is 10.1. The topological polar surface area (TPSA) is 84.1 Å². The largest absolute Gasteiger partial charge is 0.343 e. The number of carbonyl (C=O) groups excluding carboxylic acids is 2. The minimum Gasteiger partial charge on any atom is -0.343 e. The van der Waals surface area contributed by atoms with Gasteiger partial charge in [0.15, 0.2) is 12.5 Å². The Labute approximate surface area is 170 Å². The molecule has 152 valence electrons. The Balaban J connectivity index is 1.48. The van der Waals surface area contributed by atoms with Crippen LogP contribution in [-0.2, 0) is 15.9 Å². The summed E-state index contributed by atoms with van der Waals surface area (Å²) in [6.45, 7) is 6.15. The number of benzene rings is 1. The van der Waals surface area contributed by atoms with E-state index < -0.39 is 0 Å². The minimum atomic E-state index is -0.339. The maximum absolute atomic E-state index is 12.8. The zero-order valence-electron chi connectivity index (χ0n) is 16.8. The fraction of sp³-hybridized carbons (Fsp3) is 0.409. The molecule has 0 aliphatic carbocycles. The van der Waals surface area contributed by atoms with Crippen LogP contribution in [0, 0.1) is 0 Å². The number of nitrogens with zero attached hydrogens (tertiary/aromatic N) is 2. The average molecular weight is 395 g/mol. The van der Waals surface area contributed by atoms with Gasteiger partial charge in [0.1, 0.15) is 0 Å². The summed E-state index contributed by atoms with van der Waals surface area (Å²) in [5.74, 6) is -0.523. The lowest BCUT2D eigenvalue weighted by Gasteiger charge is -2.23. The molecule has 1 fully saturated rings. The summed E-state index contributed by atoms with van der Waals surface area (Å²) in [6.07, 6.45) is 3.49. The van der Waals surface area contributed by atoms with E-state index >= 15 is 0 Å². The summed E-state index contributed by atoms with van der Waals surface area (Å²) in [5, 5.41) is 3.39. The molecule has 2 aromatic rings. The molecule has 3 atom stereocenters. The normalized spacial score (nSPS) is 22.0. The highest BCUT2D eigenvalue weighted by atomic mass is 16.8. The third kappa shape index (κ3) is 4.53. The van der Waals surface area contributed by atoms with Crippen molar-refractivity contribution in [3.8, 4) is 0 Å². The quantitative estimate of drug-likeness (QED) is 0.572. The van der Waals surface area contributed by atoms with Gasteiger partial charge in [-0.05, 0) is 51.0 Å². The van der Waals surface area contributed by atoms with E-state index in [1.165, 1.54) is 4.90 Å². The van der Waals surface area contributed by atoms with Crippen molar-refractivity contribution in [2.45, 2.75) is 51.4 Å². The van der Waals surface area contributed by atoms with Crippen LogP contribution in [0.2, 0.25) is 0 Å². The number of aromatic nitrogens is 1. The molecule has 1 saturated heterocycles. The van der Waals surface area contributed by atoms with Gasteiger partial charge in [0.2, 0.25) is 0 Å². The molecule has 2 aliphatic rings. The van der Waals surface area contributed by atoms with Crippen LogP contribution in [0.15, 0.2) is 48.8 Å². The van der Waals surface area contributed by atoms with Gasteiger partial charge in [-0.15, -0.1) is 0 Å². The second kappa shape index (κ2) is 7.67. The van der Waals surface area contributed by atoms with E-state index in [2.05, 4.69) is 10.3 Å². The van der Waals surface area contributed by atoms with Crippen LogP contribution in [-0.4, -0.2) is 52.4 Å². The Kier molecular flexibility index (Phi) is 5.21. The monoisotopic (exact) mass is 395 g/mol. The van der Waals surface area contributed by atoms with E-state index in [0.29, 0.717) is 17.5 Å². The Morgan fingerprint density at radius 2 is 1.83 bits per heavy atom. The molecule has 1 aromatic heterocycles. The van der Waals surface area contributed by atoms with Crippen LogP contribution >= 0.6 is 0 Å². The van der Waals surface area contributed by atoms with Crippen LogP contribution < -0.4 is 5.32 Å². The highest BCUT2D eigenvalue weighted by Crippen LogP contribution is 2.28. The first-order chi connectivity index (χ1) is 13.8. The van der Waals surface area contributed by atoms with Crippen LogP contribution in [0.1, 0.15) is 47.1 Å². The second-order valence-electron chi connectivity index (χ2n) is 8.35. The van der Waals surface area contributed by atoms with Crippen molar-refractivity contribution in [3.63, 3.8) is 0 Å². The molecule has 0 saturated carbocycles. The molecule has 2 unspecified atom stereocenters. The molecule has 0 spiro atoms. The highest BCUT2D eigenvalue weighted by Gasteiger charge is 2.45. The highest BCUT2D eigenvalue weighted by molar-refractivity contribution is 6.21. The lowest BCUT2D eigenvalue weighted by molar-refractivity contribution is -0.0571. The van der Waals surface area contributed by atoms with E-state index in [0.717, 1.165) is 5.56 Å². The molecule has 2 amide bonds. The van der Waals surface area contributed by atoms with Crippen molar-refractivity contribution in [3.05, 3.63) is 65.5 Å². The number of ether oxygens (including phenoxy) is 2. The van der Waals surface area contributed by atoms with Gasteiger partial charge in [0, 0.05) is 25.0 Å². The van der Waals surface area contributed by atoms with Crippen molar-refractivity contribution in [1.82, 2.24) is 15.2 Å². The first kappa shape index (κ1) is 19.7. The average Bonchev–Trinajstić information content (AvgIpc) is 3.35. The number of rotatable bonds is 7. The van der Waals surface area contributed by atoms with Gasteiger partial charge in [-0.2, -0.15) is 0 Å². The number of hydrogen-bond acceptors (Lipinski definition) is 6. The van der Waals surface area contributed by atoms with Crippen LogP contribution in [0.4, 0.5) is 0 Å². The summed E-state index contributed by atoms with van der Waals surface area (Å²) >= 11 is 0. The van der Waals surface area contributed by atoms with Gasteiger partial charge in [0.25, 0.3) is 11.8 Å². The zero-order chi connectivity index (χ0) is 20.6. The summed E-state index contributed by atoms with van der Waals surface area (Å²) in [4.78, 5) is 31.0. The molecular formula is C22H25N3O4. The molecule has 1 aromatic carbocycles. The predicted molar refractivity (Wildman–Crippen MR) is 106 cm³/mol. The molecule has 1 N–H and O–H groups in total. The Hall–Kier alpha value is -2.61. The van der Waals surface area contributed by atoms with Crippen molar-refractivity contribution in [2.75, 3.05) is 6.54 Å². The van der Waals surface area contributed by atoms with Gasteiger partial charge >= 0.3 is 0 Å². The maximum Gasteiger partial charge on any atom is 0.261 e. The molecule has 29 heavy (non-hydrogen) atoms. The van der Waals surface area contributed by atoms with Crippen molar-refractivity contribution in [1.29, 1.82) is 0 Å². The molecule has 3 heterocycles. The smallest absolute Gasteiger partial charge is 0.261 e. The number of fused-ring (bicyclic) bond motifs is 1. The molecule has 0 radical (unpaired) electrons. The van der Waals surface area contributed by atoms with Crippen molar-refractivity contribution < 1.29 is 19.1 Å². The second-order valence-corrected chi connectivity index (χ2v) is 8.35. The Morgan fingerprint density at radius 1 is 1.14 bits per heavy atom. The van der Waals surface area contributed by atoms with Crippen molar-refractivity contribution >= 4 is 11.8 Å². The first-order valence-corrected chi connectivity index (χ1v) is 9.75. The number of amides is 2. The number of nitrogens with one attached hydrogen (secondary N) is 1. The fourth-order valence-corrected chi connectivity index (χ4v) is 3.49. The third-order valence-electron chi connectivity index (χ3n) is 4.81. The molecule has 2 aliphatic heterocycles. The molecule has 7 heteroatoms. The lowest BCUT2D eigenvalue weighted by Crippen LogP contribution is -2.46. The van der Waals surface area contributed by atoms with Gasteiger partial charge in [0.05, 0.1) is 16.7 Å². The van der Waals surface area contributed by atoms with Gasteiger partial charge in [-0.3, -0.25) is 24.8 Å². The van der Waals surface area contributed by atoms with E-state index in [-0.39, 0.29) is 42.5 Å². The summed E-state index contributed by atoms with van der Waals surface area (Å²) in [7, 11) is 0. The van der Waals surface area contributed by atoms with Gasteiger partial charge in [-0.25, -0.2) is 0 Å². The number of pyridine rings is 1. The van der Waals surface area contributed by atoms with Crippen molar-refractivity contribution in [2.24, 2.45) is 0 Å². The SMILES string of the molecule is CC(C)(C)OC1OC1N[C@@H](Cc1cccnc1)CN1C(=O)c2ccccc2C1=O. The molecule has 0 bridgehead atoms. The zero-order valence-corrected chi connectivity index (χ0v) is 16.8. The molecular weight excluding hydrogens is 370 g/mol. The van der Waals surface area contributed by atoms with Gasteiger partial charge < -0.3 is 9.47 Å². The number of hydrogen-bond donors (Lipinski definition) is 1. The van der Waals surface area contributed by atoms with E-state index in [4.69, 9.17) is 9.47 Å². The Morgan fingerprint density at radius 3 is 2.41 bits per heavy atom. The minimum absolute atomic E-state index is 0.194. The fourth-order valence-electron chi connectivity index (χ4n) is 3.49. The Bertz CT molecular complexity index is 875. The maximum atomic E-state index is 12.8. The van der Waals surface area contributed by atoms with Crippen LogP contribution in [0.3, 0.4) is 0 Å². The standard InChI is InChI=1S/C22H25N3O4/c1-22(2,3)29-21-18(28-21)24-15(11-14-7-6-10-23-12-14)13-25-19(26)16-8-4-5-9-17(16)20(25)27/h4-10,12,15,18,21,24H,11,13H2,1-3H3/t15-,18?,21?/m0/s1. The van der Waals surface area contributed by atoms with Gasteiger partial charge in [-0.1, -0.05) is 18.2 Å².